The lowest BCUT2D eigenvalue weighted by Crippen LogP contribution is -2.08. The lowest BCUT2D eigenvalue weighted by Gasteiger charge is -2.02. The predicted octanol–water partition coefficient (Wildman–Crippen LogP) is 3.12. The smallest absolute Gasteiger partial charge is 0.308 e. The number of carbonyl (C=O) groups is 2. The minimum absolute atomic E-state index is 0.172. The molecule has 0 unspecified atom stereocenters. The number of methoxy groups -OCH3 is 1. The second-order valence-electron chi connectivity index (χ2n) is 4.81. The first kappa shape index (κ1) is 24.1. The Morgan fingerprint density at radius 3 is 1.61 bits per heavy atom. The molecule has 0 aliphatic rings. The van der Waals surface area contributed by atoms with Crippen molar-refractivity contribution in [2.45, 2.75) is 59.3 Å². The first-order valence-corrected chi connectivity index (χ1v) is 8.50. The Kier molecular flexibility index (Phi) is 21.9. The molecule has 6 nitrogen and oxygen atoms in total. The molecule has 0 rings (SSSR count). The number of hydrogen-bond donors (Lipinski definition) is 0. The minimum Gasteiger partial charge on any atom is -0.469 e. The van der Waals surface area contributed by atoms with Crippen LogP contribution in [0.15, 0.2) is 0 Å². The van der Waals surface area contributed by atoms with Crippen molar-refractivity contribution in [3.63, 3.8) is 0 Å². The standard InChI is InChI=1S/C9H18O3.C8H16O3/c1-3-5-7-11-8-6-9(10)12-4-2;1-3-4-6-11-7-5-8(9)10-2/h3-8H2,1-2H3;3-7H2,1-2H3. The van der Waals surface area contributed by atoms with Crippen LogP contribution in [0, 0.1) is 0 Å². The van der Waals surface area contributed by atoms with E-state index >= 15 is 0 Å². The highest BCUT2D eigenvalue weighted by Crippen LogP contribution is 1.92. The molecule has 0 heterocycles. The van der Waals surface area contributed by atoms with Crippen LogP contribution in [0.5, 0.6) is 0 Å². The molecule has 0 amide bonds. The third-order valence-corrected chi connectivity index (χ3v) is 2.72. The maximum absolute atomic E-state index is 10.8. The van der Waals surface area contributed by atoms with Gasteiger partial charge in [0.15, 0.2) is 0 Å². The molecule has 0 atom stereocenters. The van der Waals surface area contributed by atoms with Gasteiger partial charge in [0, 0.05) is 13.2 Å². The zero-order valence-corrected chi connectivity index (χ0v) is 15.2. The second-order valence-corrected chi connectivity index (χ2v) is 4.81. The average Bonchev–Trinajstić information content (AvgIpc) is 2.55. The zero-order chi connectivity index (χ0) is 17.8. The van der Waals surface area contributed by atoms with Gasteiger partial charge >= 0.3 is 11.9 Å². The molecule has 0 saturated carbocycles. The van der Waals surface area contributed by atoms with Crippen LogP contribution in [-0.2, 0) is 28.5 Å². The molecule has 0 bridgehead atoms. The Balaban J connectivity index is 0. The van der Waals surface area contributed by atoms with Crippen LogP contribution in [-0.4, -0.2) is 52.1 Å². The van der Waals surface area contributed by atoms with Crippen molar-refractivity contribution in [1.82, 2.24) is 0 Å². The Morgan fingerprint density at radius 1 is 0.739 bits per heavy atom. The third-order valence-electron chi connectivity index (χ3n) is 2.72. The third kappa shape index (κ3) is 23.3. The first-order valence-electron chi connectivity index (χ1n) is 8.50. The van der Waals surface area contributed by atoms with Gasteiger partial charge in [-0.3, -0.25) is 9.59 Å². The van der Waals surface area contributed by atoms with E-state index in [0.29, 0.717) is 32.7 Å². The molecule has 0 aliphatic carbocycles. The normalized spacial score (nSPS) is 9.74. The lowest BCUT2D eigenvalue weighted by atomic mass is 10.4. The molecular formula is C17H34O6. The van der Waals surface area contributed by atoms with Gasteiger partial charge in [0.05, 0.1) is 39.8 Å². The van der Waals surface area contributed by atoms with Crippen LogP contribution < -0.4 is 0 Å². The summed E-state index contributed by atoms with van der Waals surface area (Å²) in [7, 11) is 1.38. The van der Waals surface area contributed by atoms with Crippen molar-refractivity contribution in [3.8, 4) is 0 Å². The summed E-state index contributed by atoms with van der Waals surface area (Å²) in [5.74, 6) is -0.379. The molecule has 0 radical (unpaired) electrons. The van der Waals surface area contributed by atoms with Gasteiger partial charge in [-0.15, -0.1) is 0 Å². The maximum atomic E-state index is 10.8. The summed E-state index contributed by atoms with van der Waals surface area (Å²) in [6, 6.07) is 0. The van der Waals surface area contributed by atoms with Gasteiger partial charge < -0.3 is 18.9 Å². The number of unbranched alkanes of at least 4 members (excludes halogenated alkanes) is 2. The van der Waals surface area contributed by atoms with E-state index in [2.05, 4.69) is 18.6 Å². The number of hydrogen-bond acceptors (Lipinski definition) is 6. The van der Waals surface area contributed by atoms with Gasteiger partial charge in [0.1, 0.15) is 0 Å². The quantitative estimate of drug-likeness (QED) is 0.381. The second kappa shape index (κ2) is 20.9. The SMILES string of the molecule is CCCCOCCC(=O)OC.CCCCOCCC(=O)OCC. The Labute approximate surface area is 140 Å². The van der Waals surface area contributed by atoms with Gasteiger partial charge in [-0.25, -0.2) is 0 Å². The van der Waals surface area contributed by atoms with Crippen molar-refractivity contribution in [1.29, 1.82) is 0 Å². The van der Waals surface area contributed by atoms with Crippen molar-refractivity contribution in [2.75, 3.05) is 40.1 Å². The summed E-state index contributed by atoms with van der Waals surface area (Å²) >= 11 is 0. The van der Waals surface area contributed by atoms with Crippen molar-refractivity contribution < 1.29 is 28.5 Å². The highest BCUT2D eigenvalue weighted by Gasteiger charge is 2.00. The van der Waals surface area contributed by atoms with Crippen LogP contribution in [0.25, 0.3) is 0 Å². The molecule has 0 fully saturated rings. The summed E-state index contributed by atoms with van der Waals surface area (Å²) in [5.41, 5.74) is 0. The monoisotopic (exact) mass is 334 g/mol. The van der Waals surface area contributed by atoms with Crippen LogP contribution >= 0.6 is 0 Å². The fourth-order valence-corrected chi connectivity index (χ4v) is 1.34. The van der Waals surface area contributed by atoms with Gasteiger partial charge in [0.2, 0.25) is 0 Å². The molecule has 0 aromatic heterocycles. The van der Waals surface area contributed by atoms with Gasteiger partial charge in [-0.2, -0.15) is 0 Å². The van der Waals surface area contributed by atoms with E-state index in [0.717, 1.165) is 38.9 Å². The predicted molar refractivity (Wildman–Crippen MR) is 89.3 cm³/mol. The lowest BCUT2D eigenvalue weighted by molar-refractivity contribution is -0.144. The van der Waals surface area contributed by atoms with Gasteiger partial charge in [-0.05, 0) is 19.8 Å². The van der Waals surface area contributed by atoms with E-state index in [4.69, 9.17) is 14.2 Å². The number of carbonyl (C=O) groups excluding carboxylic acids is 2. The van der Waals surface area contributed by atoms with E-state index in [1.165, 1.54) is 7.11 Å². The summed E-state index contributed by atoms with van der Waals surface area (Å²) in [4.78, 5) is 21.3. The largest absolute Gasteiger partial charge is 0.469 e. The van der Waals surface area contributed by atoms with Crippen molar-refractivity contribution in [2.24, 2.45) is 0 Å². The van der Waals surface area contributed by atoms with Crippen LogP contribution in [0.3, 0.4) is 0 Å². The highest BCUT2D eigenvalue weighted by molar-refractivity contribution is 5.69. The molecule has 0 aromatic rings. The molecule has 6 heteroatoms. The van der Waals surface area contributed by atoms with E-state index in [1.54, 1.807) is 6.92 Å². The average molecular weight is 334 g/mol. The van der Waals surface area contributed by atoms with Crippen LogP contribution in [0.1, 0.15) is 59.3 Å². The highest BCUT2D eigenvalue weighted by atomic mass is 16.5. The molecule has 0 aromatic carbocycles. The summed E-state index contributed by atoms with van der Waals surface area (Å²) in [6.45, 7) is 8.91. The van der Waals surface area contributed by atoms with Gasteiger partial charge in [0.25, 0.3) is 0 Å². The molecule has 138 valence electrons. The van der Waals surface area contributed by atoms with E-state index < -0.39 is 0 Å². The molecular weight excluding hydrogens is 300 g/mol. The fourth-order valence-electron chi connectivity index (χ4n) is 1.34. The van der Waals surface area contributed by atoms with E-state index in [9.17, 15) is 9.59 Å². The van der Waals surface area contributed by atoms with Gasteiger partial charge in [-0.1, -0.05) is 26.7 Å². The first-order chi connectivity index (χ1) is 11.1. The molecule has 0 spiro atoms. The zero-order valence-electron chi connectivity index (χ0n) is 15.2. The number of ether oxygens (including phenoxy) is 4. The molecule has 0 N–H and O–H groups in total. The van der Waals surface area contributed by atoms with Crippen molar-refractivity contribution >= 4 is 11.9 Å². The van der Waals surface area contributed by atoms with Crippen molar-refractivity contribution in [3.05, 3.63) is 0 Å². The summed E-state index contributed by atoms with van der Waals surface area (Å²) in [5, 5.41) is 0. The fraction of sp³-hybridized carbons (Fsp3) is 0.882. The van der Waals surface area contributed by atoms with Crippen LogP contribution in [0.2, 0.25) is 0 Å². The van der Waals surface area contributed by atoms with Crippen LogP contribution in [0.4, 0.5) is 0 Å². The maximum Gasteiger partial charge on any atom is 0.308 e. The van der Waals surface area contributed by atoms with E-state index in [-0.39, 0.29) is 11.9 Å². The molecule has 0 aliphatic heterocycles. The number of rotatable bonds is 13. The minimum atomic E-state index is -0.207. The Bertz CT molecular complexity index is 268. The topological polar surface area (TPSA) is 71.1 Å². The molecule has 0 saturated heterocycles. The summed E-state index contributed by atoms with van der Waals surface area (Å²) < 4.78 is 19.5. The Morgan fingerprint density at radius 2 is 1.22 bits per heavy atom. The summed E-state index contributed by atoms with van der Waals surface area (Å²) in [6.07, 6.45) is 5.10. The number of esters is 2. The molecule has 23 heavy (non-hydrogen) atoms. The van der Waals surface area contributed by atoms with E-state index in [1.807, 2.05) is 0 Å². The Hall–Kier alpha value is -1.14.